The van der Waals surface area contributed by atoms with E-state index in [1.807, 2.05) is 24.3 Å². The fraction of sp³-hybridized carbons (Fsp3) is 0.513. The summed E-state index contributed by atoms with van der Waals surface area (Å²) in [5, 5.41) is 10.1. The Hall–Kier alpha value is -5.31. The Balaban J connectivity index is 1.50. The fourth-order valence-corrected chi connectivity index (χ4v) is 5.72. The molecule has 4 N–H and O–H groups in total. The molecule has 0 aromatic heterocycles. The van der Waals surface area contributed by atoms with Crippen molar-refractivity contribution in [2.24, 2.45) is 0 Å². The van der Waals surface area contributed by atoms with E-state index in [9.17, 15) is 33.6 Å². The highest BCUT2D eigenvalue weighted by atomic mass is 16.6. The molecule has 54 heavy (non-hydrogen) atoms. The molecule has 5 amide bonds. The number of methoxy groups -OCH3 is 1. The van der Waals surface area contributed by atoms with E-state index in [0.717, 1.165) is 5.56 Å². The molecule has 1 saturated heterocycles. The summed E-state index contributed by atoms with van der Waals surface area (Å²) in [5.74, 6) is -4.19. The van der Waals surface area contributed by atoms with Gasteiger partial charge < -0.3 is 40.4 Å². The number of benzene rings is 2. The van der Waals surface area contributed by atoms with Crippen LogP contribution in [0.25, 0.3) is 0 Å². The minimum Gasteiger partial charge on any atom is -0.491 e. The van der Waals surface area contributed by atoms with Gasteiger partial charge in [-0.15, -0.1) is 0 Å². The van der Waals surface area contributed by atoms with Crippen molar-refractivity contribution in [2.75, 3.05) is 40.0 Å². The second-order valence-corrected chi connectivity index (χ2v) is 13.9. The monoisotopic (exact) mass is 751 g/mol. The van der Waals surface area contributed by atoms with E-state index in [4.69, 9.17) is 14.2 Å². The third kappa shape index (κ3) is 14.3. The summed E-state index contributed by atoms with van der Waals surface area (Å²) in [5.41, 5.74) is 0.546. The number of esters is 1. The maximum atomic E-state index is 13.4. The molecule has 1 fully saturated rings. The summed E-state index contributed by atoms with van der Waals surface area (Å²) in [7, 11) is 1.59. The molecule has 3 rings (SSSR count). The predicted octanol–water partition coefficient (Wildman–Crippen LogP) is 1.92. The minimum atomic E-state index is -1.20. The topological polar surface area (TPSA) is 199 Å². The Morgan fingerprint density at radius 1 is 0.889 bits per heavy atom. The molecular weight excluding hydrogens is 698 g/mol. The van der Waals surface area contributed by atoms with Gasteiger partial charge in [0.05, 0.1) is 25.7 Å². The van der Waals surface area contributed by atoms with E-state index in [0.29, 0.717) is 50.2 Å². The maximum Gasteiger partial charge on any atom is 0.333 e. The van der Waals surface area contributed by atoms with E-state index in [2.05, 4.69) is 21.3 Å². The first-order valence-corrected chi connectivity index (χ1v) is 18.2. The first-order chi connectivity index (χ1) is 25.7. The Morgan fingerprint density at radius 3 is 2.31 bits per heavy atom. The van der Waals surface area contributed by atoms with Crippen molar-refractivity contribution in [2.45, 2.75) is 89.9 Å². The molecule has 0 saturated carbocycles. The van der Waals surface area contributed by atoms with Gasteiger partial charge in [0.15, 0.2) is 6.04 Å². The van der Waals surface area contributed by atoms with Crippen molar-refractivity contribution >= 4 is 41.3 Å². The minimum absolute atomic E-state index is 0.137. The van der Waals surface area contributed by atoms with Crippen LogP contribution in [-0.2, 0) is 49.5 Å². The summed E-state index contributed by atoms with van der Waals surface area (Å²) in [6.07, 6.45) is 2.04. The number of carbonyl (C=O) groups is 7. The summed E-state index contributed by atoms with van der Waals surface area (Å²) in [6, 6.07) is 12.6. The molecule has 2 aromatic rings. The van der Waals surface area contributed by atoms with E-state index < -0.39 is 65.7 Å². The van der Waals surface area contributed by atoms with Crippen LogP contribution in [0.5, 0.6) is 5.75 Å². The first kappa shape index (κ1) is 43.1. The molecule has 0 bridgehead atoms. The molecule has 294 valence electrons. The highest BCUT2D eigenvalue weighted by Gasteiger charge is 2.37. The smallest absolute Gasteiger partial charge is 0.333 e. The number of likely N-dealkylation sites (tertiary alicyclic amines) is 1. The van der Waals surface area contributed by atoms with Gasteiger partial charge in [-0.25, -0.2) is 4.79 Å². The fourth-order valence-electron chi connectivity index (χ4n) is 5.72. The molecule has 15 heteroatoms. The number of Topliss-reactive ketones (excluding diaryl/α,β-unsaturated/α-hetero) is 1. The van der Waals surface area contributed by atoms with Gasteiger partial charge in [-0.2, -0.15) is 0 Å². The summed E-state index contributed by atoms with van der Waals surface area (Å²) < 4.78 is 16.1. The Labute approximate surface area is 316 Å². The van der Waals surface area contributed by atoms with Crippen molar-refractivity contribution in [1.82, 2.24) is 26.2 Å². The van der Waals surface area contributed by atoms with E-state index in [1.165, 1.54) is 4.90 Å². The molecule has 0 radical (unpaired) electrons. The number of nitrogens with one attached hydrogen (secondary N) is 4. The van der Waals surface area contributed by atoms with Crippen molar-refractivity contribution in [1.29, 1.82) is 0 Å². The van der Waals surface area contributed by atoms with Gasteiger partial charge in [0.2, 0.25) is 29.4 Å². The molecular formula is C39H53N5O10. The largest absolute Gasteiger partial charge is 0.491 e. The number of aryl methyl sites for hydroxylation is 1. The summed E-state index contributed by atoms with van der Waals surface area (Å²) in [6.45, 7) is 7.09. The van der Waals surface area contributed by atoms with Gasteiger partial charge in [-0.1, -0.05) is 55.8 Å². The van der Waals surface area contributed by atoms with Crippen molar-refractivity contribution < 1.29 is 47.8 Å². The van der Waals surface area contributed by atoms with Crippen LogP contribution in [0.3, 0.4) is 0 Å². The first-order valence-electron chi connectivity index (χ1n) is 18.2. The zero-order valence-corrected chi connectivity index (χ0v) is 31.7. The van der Waals surface area contributed by atoms with Crippen LogP contribution in [0.4, 0.5) is 0 Å². The normalized spacial score (nSPS) is 15.0. The molecule has 2 aromatic carbocycles. The van der Waals surface area contributed by atoms with Crippen LogP contribution in [0, 0.1) is 0 Å². The molecule has 1 heterocycles. The van der Waals surface area contributed by atoms with Crippen LogP contribution in [0.2, 0.25) is 0 Å². The molecule has 1 aliphatic rings. The van der Waals surface area contributed by atoms with Crippen LogP contribution in [0.1, 0.15) is 77.0 Å². The lowest BCUT2D eigenvalue weighted by Gasteiger charge is -2.26. The van der Waals surface area contributed by atoms with Crippen LogP contribution >= 0.6 is 0 Å². The second kappa shape index (κ2) is 21.4. The average Bonchev–Trinajstić information content (AvgIpc) is 3.64. The van der Waals surface area contributed by atoms with Crippen molar-refractivity contribution in [3.8, 4) is 5.75 Å². The summed E-state index contributed by atoms with van der Waals surface area (Å²) in [4.78, 5) is 92.2. The van der Waals surface area contributed by atoms with E-state index in [-0.39, 0.29) is 31.8 Å². The number of carbonyl (C=O) groups excluding carboxylic acids is 7. The molecule has 0 aliphatic carbocycles. The lowest BCUT2D eigenvalue weighted by atomic mass is 10.1. The van der Waals surface area contributed by atoms with Gasteiger partial charge >= 0.3 is 5.97 Å². The molecule has 1 aliphatic heterocycles. The number of amides is 5. The maximum absolute atomic E-state index is 13.4. The standard InChI is InChI=1S/C39H53N5O10/c1-6-12-29(35(48)37(50)41-24-32(46)43-34(27-14-8-7-9-15-27)38(51)54-39(2,3)4)42-36(49)30-17-11-20-44(30)33(47)25-40-31(45)19-18-26-13-10-16-28(23-26)53-22-21-52-5/h7-10,13-16,23,29-30,34H,6,11-12,17-22,24-25H2,1-5H3,(H,40,45)(H,41,50)(H,42,49)(H,43,46). The van der Waals surface area contributed by atoms with Gasteiger partial charge in [-0.3, -0.25) is 28.8 Å². The quantitative estimate of drug-likeness (QED) is 0.0881. The number of nitrogens with zero attached hydrogens (tertiary/aromatic N) is 1. The highest BCUT2D eigenvalue weighted by molar-refractivity contribution is 6.38. The number of rotatable bonds is 20. The third-order valence-electron chi connectivity index (χ3n) is 8.33. The summed E-state index contributed by atoms with van der Waals surface area (Å²) >= 11 is 0. The van der Waals surface area contributed by atoms with Crippen LogP contribution in [-0.4, -0.2) is 104 Å². The Bertz CT molecular complexity index is 1610. The lowest BCUT2D eigenvalue weighted by Crippen LogP contribution is -2.54. The zero-order chi connectivity index (χ0) is 39.7. The molecule has 3 atom stereocenters. The SMILES string of the molecule is CCCC(NC(=O)C1CCCN1C(=O)CNC(=O)CCc1cccc(OCCOC)c1)C(=O)C(=O)NCC(=O)NC(C(=O)OC(C)(C)C)c1ccccc1. The third-order valence-corrected chi connectivity index (χ3v) is 8.33. The Kier molecular flexibility index (Phi) is 17.1. The lowest BCUT2D eigenvalue weighted by molar-refractivity contribution is -0.158. The van der Waals surface area contributed by atoms with Gasteiger partial charge in [-0.05, 0) is 69.7 Å². The van der Waals surface area contributed by atoms with E-state index >= 15 is 0 Å². The number of ketones is 1. The van der Waals surface area contributed by atoms with E-state index in [1.54, 1.807) is 65.1 Å². The average molecular weight is 752 g/mol. The number of ether oxygens (including phenoxy) is 3. The van der Waals surface area contributed by atoms with Gasteiger partial charge in [0.1, 0.15) is 24.0 Å². The number of hydrogen-bond donors (Lipinski definition) is 4. The molecule has 0 spiro atoms. The predicted molar refractivity (Wildman–Crippen MR) is 198 cm³/mol. The van der Waals surface area contributed by atoms with Gasteiger partial charge in [0.25, 0.3) is 5.91 Å². The molecule has 3 unspecified atom stereocenters. The second-order valence-electron chi connectivity index (χ2n) is 13.9. The van der Waals surface area contributed by atoms with Crippen LogP contribution < -0.4 is 26.0 Å². The van der Waals surface area contributed by atoms with Crippen LogP contribution in [0.15, 0.2) is 54.6 Å². The van der Waals surface area contributed by atoms with Crippen molar-refractivity contribution in [3.05, 3.63) is 65.7 Å². The van der Waals surface area contributed by atoms with Gasteiger partial charge in [0, 0.05) is 20.1 Å². The zero-order valence-electron chi connectivity index (χ0n) is 31.7. The van der Waals surface area contributed by atoms with Crippen molar-refractivity contribution in [3.63, 3.8) is 0 Å². The highest BCUT2D eigenvalue weighted by Crippen LogP contribution is 2.20. The molecule has 15 nitrogen and oxygen atoms in total. The number of hydrogen-bond acceptors (Lipinski definition) is 10. The Morgan fingerprint density at radius 2 is 1.63 bits per heavy atom.